The molecule has 2 N–H and O–H groups in total. The predicted octanol–water partition coefficient (Wildman–Crippen LogP) is 2.30. The molecule has 0 fully saturated rings. The molecule has 0 atom stereocenters. The van der Waals surface area contributed by atoms with Crippen LogP contribution in [0.5, 0.6) is 11.6 Å². The third-order valence-electron chi connectivity index (χ3n) is 2.00. The molecule has 0 aliphatic carbocycles. The highest BCUT2D eigenvalue weighted by atomic mass is 19.1. The maximum Gasteiger partial charge on any atom is 0.239 e. The molecule has 4 nitrogen and oxygen atoms in total. The second-order valence-corrected chi connectivity index (χ2v) is 3.30. The van der Waals surface area contributed by atoms with Crippen molar-refractivity contribution in [3.8, 4) is 11.6 Å². The normalized spacial score (nSPS) is 10.1. The Labute approximate surface area is 91.9 Å². The largest absolute Gasteiger partial charge is 0.437 e. The molecule has 16 heavy (non-hydrogen) atoms. The number of hydrogen-bond acceptors (Lipinski definition) is 4. The van der Waals surface area contributed by atoms with Gasteiger partial charge in [0.05, 0.1) is 12.4 Å². The number of aromatic nitrogens is 2. The van der Waals surface area contributed by atoms with E-state index < -0.39 is 0 Å². The molecular weight excluding hydrogens is 209 g/mol. The Hall–Kier alpha value is -2.17. The van der Waals surface area contributed by atoms with Crippen molar-refractivity contribution >= 4 is 5.82 Å². The smallest absolute Gasteiger partial charge is 0.239 e. The van der Waals surface area contributed by atoms with Crippen LogP contribution >= 0.6 is 0 Å². The Balaban J connectivity index is 2.24. The second-order valence-electron chi connectivity index (χ2n) is 3.30. The number of ether oxygens (including phenoxy) is 1. The summed E-state index contributed by atoms with van der Waals surface area (Å²) in [5.74, 6) is 0.533. The molecular formula is C11H10FN3O. The fourth-order valence-corrected chi connectivity index (χ4v) is 1.17. The van der Waals surface area contributed by atoms with Crippen molar-refractivity contribution in [1.29, 1.82) is 0 Å². The number of hydrogen-bond donors (Lipinski definition) is 1. The topological polar surface area (TPSA) is 61.0 Å². The Bertz CT molecular complexity index is 516. The van der Waals surface area contributed by atoms with Gasteiger partial charge in [0.2, 0.25) is 5.88 Å². The van der Waals surface area contributed by atoms with Crippen LogP contribution in [0.15, 0.2) is 30.6 Å². The highest BCUT2D eigenvalue weighted by Gasteiger charge is 2.03. The zero-order valence-corrected chi connectivity index (χ0v) is 8.64. The standard InChI is InChI=1S/C11H10FN3O/c1-7-2-3-8(4-9(7)12)16-11-6-14-5-10(13)15-11/h2-6H,1H3,(H2,13,15). The first kappa shape index (κ1) is 10.4. The van der Waals surface area contributed by atoms with E-state index in [0.29, 0.717) is 11.3 Å². The van der Waals surface area contributed by atoms with Crippen molar-refractivity contribution in [2.45, 2.75) is 6.92 Å². The van der Waals surface area contributed by atoms with Crippen molar-refractivity contribution < 1.29 is 9.13 Å². The first-order valence-electron chi connectivity index (χ1n) is 4.66. The van der Waals surface area contributed by atoms with Gasteiger partial charge in [-0.3, -0.25) is 4.98 Å². The molecule has 82 valence electrons. The quantitative estimate of drug-likeness (QED) is 0.841. The van der Waals surface area contributed by atoms with Crippen molar-refractivity contribution in [1.82, 2.24) is 9.97 Å². The summed E-state index contributed by atoms with van der Waals surface area (Å²) >= 11 is 0. The molecule has 2 aromatic rings. The van der Waals surface area contributed by atoms with Gasteiger partial charge in [0.15, 0.2) is 0 Å². The fourth-order valence-electron chi connectivity index (χ4n) is 1.17. The van der Waals surface area contributed by atoms with Gasteiger partial charge in [-0.25, -0.2) is 4.39 Å². The third-order valence-corrected chi connectivity index (χ3v) is 2.00. The van der Waals surface area contributed by atoms with E-state index in [9.17, 15) is 4.39 Å². The number of anilines is 1. The van der Waals surface area contributed by atoms with E-state index in [2.05, 4.69) is 9.97 Å². The van der Waals surface area contributed by atoms with E-state index in [4.69, 9.17) is 10.5 Å². The molecule has 1 aromatic heterocycles. The molecule has 1 aromatic carbocycles. The Kier molecular flexibility index (Phi) is 2.68. The average molecular weight is 219 g/mol. The average Bonchev–Trinajstić information content (AvgIpc) is 2.24. The lowest BCUT2D eigenvalue weighted by molar-refractivity contribution is 0.456. The molecule has 0 aliphatic rings. The molecule has 0 spiro atoms. The zero-order valence-electron chi connectivity index (χ0n) is 8.64. The summed E-state index contributed by atoms with van der Waals surface area (Å²) in [5, 5.41) is 0. The van der Waals surface area contributed by atoms with Crippen molar-refractivity contribution in [3.05, 3.63) is 42.0 Å². The molecule has 0 aliphatic heterocycles. The summed E-state index contributed by atoms with van der Waals surface area (Å²) in [6, 6.07) is 4.58. The maximum atomic E-state index is 13.2. The van der Waals surface area contributed by atoms with Crippen LogP contribution in [0.25, 0.3) is 0 Å². The minimum atomic E-state index is -0.325. The summed E-state index contributed by atoms with van der Waals surface area (Å²) in [6.45, 7) is 1.68. The van der Waals surface area contributed by atoms with Crippen LogP contribution in [-0.4, -0.2) is 9.97 Å². The van der Waals surface area contributed by atoms with Gasteiger partial charge in [-0.05, 0) is 18.6 Å². The van der Waals surface area contributed by atoms with Crippen LogP contribution < -0.4 is 10.5 Å². The number of rotatable bonds is 2. The van der Waals surface area contributed by atoms with Gasteiger partial charge in [-0.2, -0.15) is 4.98 Å². The molecule has 0 saturated heterocycles. The lowest BCUT2D eigenvalue weighted by Crippen LogP contribution is -1.95. The second kappa shape index (κ2) is 4.14. The number of benzene rings is 1. The van der Waals surface area contributed by atoms with Crippen LogP contribution in [-0.2, 0) is 0 Å². The van der Waals surface area contributed by atoms with Crippen molar-refractivity contribution in [2.75, 3.05) is 5.73 Å². The molecule has 2 rings (SSSR count). The number of halogens is 1. The summed E-state index contributed by atoms with van der Waals surface area (Å²) < 4.78 is 18.5. The first-order valence-corrected chi connectivity index (χ1v) is 4.66. The molecule has 1 heterocycles. The SMILES string of the molecule is Cc1ccc(Oc2cncc(N)n2)cc1F. The lowest BCUT2D eigenvalue weighted by Gasteiger charge is -2.05. The number of nitrogens with two attached hydrogens (primary N) is 1. The highest BCUT2D eigenvalue weighted by Crippen LogP contribution is 2.21. The van der Waals surface area contributed by atoms with Gasteiger partial charge < -0.3 is 10.5 Å². The molecule has 0 amide bonds. The Morgan fingerprint density at radius 3 is 2.81 bits per heavy atom. The summed E-state index contributed by atoms with van der Waals surface area (Å²) in [6.07, 6.45) is 2.82. The van der Waals surface area contributed by atoms with Gasteiger partial charge in [-0.1, -0.05) is 6.07 Å². The monoisotopic (exact) mass is 219 g/mol. The van der Waals surface area contributed by atoms with Gasteiger partial charge in [0.25, 0.3) is 0 Å². The van der Waals surface area contributed by atoms with Crippen LogP contribution in [0.3, 0.4) is 0 Å². The van der Waals surface area contributed by atoms with E-state index in [1.54, 1.807) is 19.1 Å². The number of aryl methyl sites for hydroxylation is 1. The Morgan fingerprint density at radius 2 is 2.12 bits per heavy atom. The van der Waals surface area contributed by atoms with Crippen LogP contribution in [0.1, 0.15) is 5.56 Å². The Morgan fingerprint density at radius 1 is 1.31 bits per heavy atom. The van der Waals surface area contributed by atoms with Crippen LogP contribution in [0.2, 0.25) is 0 Å². The minimum Gasteiger partial charge on any atom is -0.437 e. The summed E-state index contributed by atoms with van der Waals surface area (Å²) in [5.41, 5.74) is 6.00. The number of nitrogen functional groups attached to an aromatic ring is 1. The molecule has 0 bridgehead atoms. The first-order chi connectivity index (χ1) is 7.65. The molecule has 0 saturated carbocycles. The van der Waals surface area contributed by atoms with Gasteiger partial charge >= 0.3 is 0 Å². The van der Waals surface area contributed by atoms with Crippen molar-refractivity contribution in [2.24, 2.45) is 0 Å². The summed E-state index contributed by atoms with van der Waals surface area (Å²) in [4.78, 5) is 7.71. The lowest BCUT2D eigenvalue weighted by atomic mass is 10.2. The van der Waals surface area contributed by atoms with E-state index in [-0.39, 0.29) is 17.5 Å². The van der Waals surface area contributed by atoms with Gasteiger partial charge in [-0.15, -0.1) is 0 Å². The molecule has 5 heteroatoms. The van der Waals surface area contributed by atoms with Crippen LogP contribution in [0.4, 0.5) is 10.2 Å². The highest BCUT2D eigenvalue weighted by molar-refractivity contribution is 5.32. The maximum absolute atomic E-state index is 13.2. The van der Waals surface area contributed by atoms with Crippen LogP contribution in [0, 0.1) is 12.7 Å². The fraction of sp³-hybridized carbons (Fsp3) is 0.0909. The van der Waals surface area contributed by atoms with E-state index in [1.165, 1.54) is 18.5 Å². The van der Waals surface area contributed by atoms with Gasteiger partial charge in [0, 0.05) is 6.07 Å². The zero-order chi connectivity index (χ0) is 11.5. The minimum absolute atomic E-state index is 0.239. The van der Waals surface area contributed by atoms with E-state index >= 15 is 0 Å². The summed E-state index contributed by atoms with van der Waals surface area (Å²) in [7, 11) is 0. The molecule has 0 unspecified atom stereocenters. The molecule has 0 radical (unpaired) electrons. The van der Waals surface area contributed by atoms with E-state index in [1.807, 2.05) is 0 Å². The predicted molar refractivity (Wildman–Crippen MR) is 57.7 cm³/mol. The van der Waals surface area contributed by atoms with Crippen molar-refractivity contribution in [3.63, 3.8) is 0 Å². The number of nitrogens with zero attached hydrogens (tertiary/aromatic N) is 2. The van der Waals surface area contributed by atoms with E-state index in [0.717, 1.165) is 0 Å². The van der Waals surface area contributed by atoms with Gasteiger partial charge in [0.1, 0.15) is 17.4 Å². The third kappa shape index (κ3) is 2.25.